The summed E-state index contributed by atoms with van der Waals surface area (Å²) in [5, 5.41) is 9.49. The van der Waals surface area contributed by atoms with E-state index in [4.69, 9.17) is 12.2 Å². The van der Waals surface area contributed by atoms with E-state index in [2.05, 4.69) is 28.6 Å². The number of aliphatic hydroxyl groups is 1. The average molecular weight is 275 g/mol. The Balaban J connectivity index is 2.96. The number of hydrogen-bond donors (Lipinski definition) is 2. The van der Waals surface area contributed by atoms with Crippen molar-refractivity contribution < 1.29 is 5.11 Å². The van der Waals surface area contributed by atoms with Gasteiger partial charge in [-0.3, -0.25) is 0 Å². The first-order chi connectivity index (χ1) is 6.09. The van der Waals surface area contributed by atoms with Gasteiger partial charge >= 0.3 is 0 Å². The van der Waals surface area contributed by atoms with Crippen LogP contribution in [-0.4, -0.2) is 9.30 Å². The fraction of sp³-hybridized carbons (Fsp3) is 0. The van der Waals surface area contributed by atoms with Gasteiger partial charge in [-0.15, -0.1) is 12.6 Å². The minimum absolute atomic E-state index is 0.132. The quantitative estimate of drug-likeness (QED) is 0.372. The molecule has 0 aliphatic rings. The van der Waals surface area contributed by atoms with E-state index >= 15 is 0 Å². The molecule has 0 unspecified atom stereocenters. The Bertz CT molecular complexity index is 343. The number of thiocarbonyl (C=S) groups is 1. The van der Waals surface area contributed by atoms with Crippen molar-refractivity contribution in [2.45, 2.75) is 0 Å². The van der Waals surface area contributed by atoms with Crippen molar-refractivity contribution in [2.75, 3.05) is 0 Å². The highest BCUT2D eigenvalue weighted by Gasteiger charge is 1.98. The van der Waals surface area contributed by atoms with Gasteiger partial charge in [-0.05, 0) is 12.1 Å². The zero-order valence-corrected chi connectivity index (χ0v) is 9.86. The van der Waals surface area contributed by atoms with Crippen LogP contribution >= 0.6 is 40.8 Å². The van der Waals surface area contributed by atoms with E-state index in [0.717, 1.165) is 10.0 Å². The van der Waals surface area contributed by atoms with Crippen LogP contribution in [0, 0.1) is 0 Å². The molecule has 0 bridgehead atoms. The van der Waals surface area contributed by atoms with Gasteiger partial charge < -0.3 is 5.11 Å². The number of rotatable bonds is 2. The molecule has 0 radical (unpaired) electrons. The number of hydrogen-bond acceptors (Lipinski definition) is 2. The lowest BCUT2D eigenvalue weighted by Crippen LogP contribution is -1.84. The van der Waals surface area contributed by atoms with Crippen molar-refractivity contribution >= 4 is 50.7 Å². The van der Waals surface area contributed by atoms with E-state index in [1.54, 1.807) is 12.1 Å². The lowest BCUT2D eigenvalue weighted by atomic mass is 10.2. The summed E-state index contributed by atoms with van der Waals surface area (Å²) in [4.78, 5) is 0. The highest BCUT2D eigenvalue weighted by Crippen LogP contribution is 2.16. The molecule has 0 atom stereocenters. The lowest BCUT2D eigenvalue weighted by molar-refractivity contribution is 0.512. The van der Waals surface area contributed by atoms with Crippen molar-refractivity contribution in [3.8, 4) is 0 Å². The second-order valence-corrected chi connectivity index (χ2v) is 4.51. The van der Waals surface area contributed by atoms with Crippen molar-refractivity contribution in [3.63, 3.8) is 0 Å². The molecule has 68 valence electrons. The Morgan fingerprint density at radius 1 is 1.38 bits per heavy atom. The van der Waals surface area contributed by atoms with Gasteiger partial charge in [0.1, 0.15) is 5.76 Å². The van der Waals surface area contributed by atoms with E-state index in [9.17, 15) is 5.11 Å². The van der Waals surface area contributed by atoms with E-state index in [1.807, 2.05) is 12.1 Å². The summed E-state index contributed by atoms with van der Waals surface area (Å²) in [6.07, 6.45) is 1.43. The topological polar surface area (TPSA) is 20.2 Å². The molecule has 0 saturated carbocycles. The average Bonchev–Trinajstić information content (AvgIpc) is 2.04. The molecule has 1 nitrogen and oxygen atoms in total. The van der Waals surface area contributed by atoms with E-state index in [-0.39, 0.29) is 5.76 Å². The first kappa shape index (κ1) is 10.8. The maximum Gasteiger partial charge on any atom is 0.124 e. The van der Waals surface area contributed by atoms with E-state index < -0.39 is 0 Å². The first-order valence-electron chi connectivity index (χ1n) is 3.49. The van der Waals surface area contributed by atoms with Crippen LogP contribution in [0.1, 0.15) is 5.56 Å². The summed E-state index contributed by atoms with van der Waals surface area (Å²) in [6, 6.07) is 7.28. The minimum Gasteiger partial charge on any atom is -0.507 e. The first-order valence-corrected chi connectivity index (χ1v) is 5.14. The largest absolute Gasteiger partial charge is 0.507 e. The van der Waals surface area contributed by atoms with Gasteiger partial charge in [0.15, 0.2) is 0 Å². The fourth-order valence-corrected chi connectivity index (χ4v) is 1.32. The van der Waals surface area contributed by atoms with Gasteiger partial charge in [-0.2, -0.15) is 0 Å². The molecule has 1 N–H and O–H groups in total. The second kappa shape index (κ2) is 4.79. The third-order valence-corrected chi connectivity index (χ3v) is 2.18. The van der Waals surface area contributed by atoms with E-state index in [0.29, 0.717) is 4.20 Å². The van der Waals surface area contributed by atoms with Crippen LogP contribution in [0.2, 0.25) is 0 Å². The molecule has 0 amide bonds. The molecule has 1 rings (SSSR count). The highest BCUT2D eigenvalue weighted by molar-refractivity contribution is 9.10. The Morgan fingerprint density at radius 2 is 1.92 bits per heavy atom. The molecule has 0 fully saturated rings. The Kier molecular flexibility index (Phi) is 3.96. The van der Waals surface area contributed by atoms with Crippen LogP contribution in [0.4, 0.5) is 0 Å². The van der Waals surface area contributed by atoms with Gasteiger partial charge in [0.2, 0.25) is 0 Å². The predicted octanol–water partition coefficient (Wildman–Crippen LogP) is 3.61. The Morgan fingerprint density at radius 3 is 2.38 bits per heavy atom. The molecule has 0 aliphatic heterocycles. The van der Waals surface area contributed by atoms with Gasteiger partial charge in [0.05, 0.1) is 4.20 Å². The molecule has 0 spiro atoms. The maximum atomic E-state index is 9.49. The zero-order valence-electron chi connectivity index (χ0n) is 6.57. The smallest absolute Gasteiger partial charge is 0.124 e. The highest BCUT2D eigenvalue weighted by atomic mass is 79.9. The van der Waals surface area contributed by atoms with Gasteiger partial charge in [-0.25, -0.2) is 0 Å². The third-order valence-electron chi connectivity index (χ3n) is 1.40. The standard InChI is InChI=1S/C9H7BrOS2/c10-7-3-1-6(2-4-7)8(11)5-9(12)13/h1-5,11H,(H,12,13)/b8-5-. The summed E-state index contributed by atoms with van der Waals surface area (Å²) in [6.45, 7) is 0. The number of benzene rings is 1. The Hall–Kier alpha value is -0.320. The summed E-state index contributed by atoms with van der Waals surface area (Å²) < 4.78 is 1.33. The van der Waals surface area contributed by atoms with Crippen LogP contribution in [0.5, 0.6) is 0 Å². The monoisotopic (exact) mass is 274 g/mol. The molecular weight excluding hydrogens is 268 g/mol. The molecule has 0 aliphatic carbocycles. The van der Waals surface area contributed by atoms with E-state index in [1.165, 1.54) is 6.08 Å². The molecule has 0 saturated heterocycles. The summed E-state index contributed by atoms with van der Waals surface area (Å²) in [5.74, 6) is 0.132. The molecule has 1 aromatic rings. The molecule has 0 aromatic heterocycles. The lowest BCUT2D eigenvalue weighted by Gasteiger charge is -1.99. The fourth-order valence-electron chi connectivity index (χ4n) is 0.821. The molecule has 13 heavy (non-hydrogen) atoms. The van der Waals surface area contributed by atoms with Crippen LogP contribution in [0.3, 0.4) is 0 Å². The molecular formula is C9H7BrOS2. The van der Waals surface area contributed by atoms with Crippen molar-refractivity contribution in [3.05, 3.63) is 40.4 Å². The molecule has 0 heterocycles. The zero-order chi connectivity index (χ0) is 9.84. The number of aliphatic hydroxyl groups excluding tert-OH is 1. The van der Waals surface area contributed by atoms with Crippen molar-refractivity contribution in [2.24, 2.45) is 0 Å². The van der Waals surface area contributed by atoms with Gasteiger partial charge in [0.25, 0.3) is 0 Å². The summed E-state index contributed by atoms with van der Waals surface area (Å²) in [5.41, 5.74) is 0.722. The number of halogens is 1. The summed E-state index contributed by atoms with van der Waals surface area (Å²) in [7, 11) is 0. The Labute approximate surface area is 96.0 Å². The van der Waals surface area contributed by atoms with Crippen molar-refractivity contribution in [1.29, 1.82) is 0 Å². The normalized spacial score (nSPS) is 11.4. The predicted molar refractivity (Wildman–Crippen MR) is 66.3 cm³/mol. The molecule has 4 heteroatoms. The van der Waals surface area contributed by atoms with Crippen LogP contribution < -0.4 is 0 Å². The van der Waals surface area contributed by atoms with Crippen LogP contribution in [-0.2, 0) is 0 Å². The molecule has 1 aromatic carbocycles. The maximum absolute atomic E-state index is 9.49. The van der Waals surface area contributed by atoms with Gasteiger partial charge in [-0.1, -0.05) is 40.3 Å². The van der Waals surface area contributed by atoms with Crippen LogP contribution in [0.15, 0.2) is 34.8 Å². The van der Waals surface area contributed by atoms with Crippen molar-refractivity contribution in [1.82, 2.24) is 0 Å². The second-order valence-electron chi connectivity index (χ2n) is 2.37. The van der Waals surface area contributed by atoms with Gasteiger partial charge in [0, 0.05) is 16.1 Å². The SMILES string of the molecule is O/C(=C\C(=S)S)c1ccc(Br)cc1. The minimum atomic E-state index is 0.132. The summed E-state index contributed by atoms with van der Waals surface area (Å²) >= 11 is 11.9. The van der Waals surface area contributed by atoms with Crippen LogP contribution in [0.25, 0.3) is 5.76 Å². The third kappa shape index (κ3) is 3.50. The number of thiol groups is 1.